The zero-order valence-corrected chi connectivity index (χ0v) is 12.1. The first-order valence-electron chi connectivity index (χ1n) is 6.61. The number of hydrogen-bond donors (Lipinski definition) is 1. The van der Waals surface area contributed by atoms with Gasteiger partial charge in [0.15, 0.2) is 5.78 Å². The minimum absolute atomic E-state index is 0.0344. The quantitative estimate of drug-likeness (QED) is 0.747. The summed E-state index contributed by atoms with van der Waals surface area (Å²) in [6.45, 7) is 5.46. The molecule has 2 aromatic heterocycles. The van der Waals surface area contributed by atoms with Crippen LogP contribution in [0.1, 0.15) is 28.5 Å². The molecule has 6 nitrogen and oxygen atoms in total. The molecule has 0 atom stereocenters. The predicted octanol–water partition coefficient (Wildman–Crippen LogP) is 2.69. The van der Waals surface area contributed by atoms with E-state index < -0.39 is 0 Å². The van der Waals surface area contributed by atoms with Gasteiger partial charge in [0.1, 0.15) is 12.1 Å². The highest BCUT2D eigenvalue weighted by Crippen LogP contribution is 2.23. The summed E-state index contributed by atoms with van der Waals surface area (Å²) in [6.07, 6.45) is 1.47. The van der Waals surface area contributed by atoms with Gasteiger partial charge in [-0.3, -0.25) is 4.79 Å². The number of fused-ring (bicyclic) bond motifs is 1. The van der Waals surface area contributed by atoms with Crippen molar-refractivity contribution in [2.75, 3.05) is 5.32 Å². The maximum Gasteiger partial charge on any atom is 0.254 e. The van der Waals surface area contributed by atoms with E-state index in [9.17, 15) is 4.79 Å². The molecule has 0 unspecified atom stereocenters. The molecule has 1 N–H and O–H groups in total. The lowest BCUT2D eigenvalue weighted by molar-refractivity contribution is 0.101. The number of aryl methyl sites for hydroxylation is 1. The molecule has 3 rings (SSSR count). The Kier molecular flexibility index (Phi) is 3.13. The standard InChI is InChI=1S/C15H15N5O/c1-9-10(2)18-15-16-8-17-20(15)14(9)19-13-6-4-5-12(7-13)11(3)21/h4-8,19H,1-3H3. The Morgan fingerprint density at radius 3 is 2.86 bits per heavy atom. The normalized spacial score (nSPS) is 10.8. The molecule has 0 saturated carbocycles. The molecule has 6 heteroatoms. The summed E-state index contributed by atoms with van der Waals surface area (Å²) in [7, 11) is 0. The molecule has 21 heavy (non-hydrogen) atoms. The molecule has 0 saturated heterocycles. The van der Waals surface area contributed by atoms with E-state index in [0.717, 1.165) is 22.8 Å². The van der Waals surface area contributed by atoms with Crippen LogP contribution in [0, 0.1) is 13.8 Å². The lowest BCUT2D eigenvalue weighted by Crippen LogP contribution is -2.06. The van der Waals surface area contributed by atoms with Crippen LogP contribution in [-0.4, -0.2) is 25.4 Å². The van der Waals surface area contributed by atoms with Gasteiger partial charge in [0.2, 0.25) is 0 Å². The van der Waals surface area contributed by atoms with Crippen molar-refractivity contribution in [3.63, 3.8) is 0 Å². The molecule has 0 spiro atoms. The van der Waals surface area contributed by atoms with Gasteiger partial charge in [0.25, 0.3) is 5.78 Å². The fourth-order valence-electron chi connectivity index (χ4n) is 2.13. The summed E-state index contributed by atoms with van der Waals surface area (Å²) >= 11 is 0. The van der Waals surface area contributed by atoms with Gasteiger partial charge in [-0.15, -0.1) is 0 Å². The second kappa shape index (κ2) is 4.97. The van der Waals surface area contributed by atoms with Crippen molar-refractivity contribution in [3.05, 3.63) is 47.4 Å². The van der Waals surface area contributed by atoms with E-state index in [-0.39, 0.29) is 5.78 Å². The number of benzene rings is 1. The fraction of sp³-hybridized carbons (Fsp3) is 0.200. The molecule has 0 fully saturated rings. The van der Waals surface area contributed by atoms with Crippen LogP contribution in [0.3, 0.4) is 0 Å². The molecule has 0 aliphatic heterocycles. The van der Waals surface area contributed by atoms with Gasteiger partial charge in [0.05, 0.1) is 0 Å². The summed E-state index contributed by atoms with van der Waals surface area (Å²) < 4.78 is 1.66. The van der Waals surface area contributed by atoms with E-state index in [4.69, 9.17) is 0 Å². The number of ketones is 1. The summed E-state index contributed by atoms with van der Waals surface area (Å²) in [4.78, 5) is 20.0. The molecule has 1 aromatic carbocycles. The Hall–Kier alpha value is -2.76. The molecular weight excluding hydrogens is 266 g/mol. The van der Waals surface area contributed by atoms with E-state index in [1.807, 2.05) is 32.0 Å². The van der Waals surface area contributed by atoms with Gasteiger partial charge in [-0.2, -0.15) is 14.6 Å². The molecule has 0 amide bonds. The number of anilines is 2. The van der Waals surface area contributed by atoms with Crippen molar-refractivity contribution in [2.45, 2.75) is 20.8 Å². The second-order valence-electron chi connectivity index (χ2n) is 4.90. The van der Waals surface area contributed by atoms with Crippen LogP contribution in [0.25, 0.3) is 5.78 Å². The van der Waals surface area contributed by atoms with Crippen LogP contribution in [0.4, 0.5) is 11.5 Å². The van der Waals surface area contributed by atoms with Crippen LogP contribution in [0.15, 0.2) is 30.6 Å². The summed E-state index contributed by atoms with van der Waals surface area (Å²) in [5.74, 6) is 1.38. The third-order valence-electron chi connectivity index (χ3n) is 3.44. The lowest BCUT2D eigenvalue weighted by Gasteiger charge is -2.13. The molecule has 106 valence electrons. The van der Waals surface area contributed by atoms with Crippen molar-refractivity contribution < 1.29 is 4.79 Å². The Morgan fingerprint density at radius 1 is 1.29 bits per heavy atom. The number of nitrogens with one attached hydrogen (secondary N) is 1. The Bertz CT molecular complexity index is 837. The van der Waals surface area contributed by atoms with E-state index in [1.54, 1.807) is 17.5 Å². The number of rotatable bonds is 3. The first-order valence-corrected chi connectivity index (χ1v) is 6.61. The molecule has 2 heterocycles. The third-order valence-corrected chi connectivity index (χ3v) is 3.44. The highest BCUT2D eigenvalue weighted by atomic mass is 16.1. The van der Waals surface area contributed by atoms with Crippen LogP contribution < -0.4 is 5.32 Å². The van der Waals surface area contributed by atoms with Crippen LogP contribution >= 0.6 is 0 Å². The van der Waals surface area contributed by atoms with Crippen LogP contribution in [-0.2, 0) is 0 Å². The zero-order chi connectivity index (χ0) is 15.0. The van der Waals surface area contributed by atoms with E-state index in [0.29, 0.717) is 11.3 Å². The van der Waals surface area contributed by atoms with E-state index >= 15 is 0 Å². The topological polar surface area (TPSA) is 72.2 Å². The van der Waals surface area contributed by atoms with Gasteiger partial charge in [0, 0.05) is 22.5 Å². The highest BCUT2D eigenvalue weighted by Gasteiger charge is 2.11. The number of aromatic nitrogens is 4. The van der Waals surface area contributed by atoms with E-state index in [2.05, 4.69) is 20.4 Å². The van der Waals surface area contributed by atoms with Gasteiger partial charge < -0.3 is 5.32 Å². The average molecular weight is 281 g/mol. The smallest absolute Gasteiger partial charge is 0.254 e. The minimum atomic E-state index is 0.0344. The number of nitrogens with zero attached hydrogens (tertiary/aromatic N) is 4. The molecule has 0 bridgehead atoms. The van der Waals surface area contributed by atoms with Crippen molar-refractivity contribution in [3.8, 4) is 0 Å². The van der Waals surface area contributed by atoms with Crippen molar-refractivity contribution in [1.82, 2.24) is 19.6 Å². The summed E-state index contributed by atoms with van der Waals surface area (Å²) in [6, 6.07) is 7.37. The molecule has 0 radical (unpaired) electrons. The number of hydrogen-bond acceptors (Lipinski definition) is 5. The van der Waals surface area contributed by atoms with Gasteiger partial charge in [-0.05, 0) is 32.9 Å². The van der Waals surface area contributed by atoms with Crippen molar-refractivity contribution >= 4 is 23.1 Å². The maximum absolute atomic E-state index is 11.5. The van der Waals surface area contributed by atoms with Gasteiger partial charge in [-0.25, -0.2) is 4.98 Å². The van der Waals surface area contributed by atoms with Crippen LogP contribution in [0.5, 0.6) is 0 Å². The Balaban J connectivity index is 2.09. The minimum Gasteiger partial charge on any atom is -0.340 e. The number of carbonyl (C=O) groups excluding carboxylic acids is 1. The van der Waals surface area contributed by atoms with Crippen LogP contribution in [0.2, 0.25) is 0 Å². The first kappa shape index (κ1) is 13.2. The van der Waals surface area contributed by atoms with Crippen molar-refractivity contribution in [1.29, 1.82) is 0 Å². The highest BCUT2D eigenvalue weighted by molar-refractivity contribution is 5.95. The summed E-state index contributed by atoms with van der Waals surface area (Å²) in [5.41, 5.74) is 3.37. The first-order chi connectivity index (χ1) is 10.1. The van der Waals surface area contributed by atoms with Crippen molar-refractivity contribution in [2.24, 2.45) is 0 Å². The molecule has 0 aliphatic rings. The zero-order valence-electron chi connectivity index (χ0n) is 12.1. The third kappa shape index (κ3) is 2.35. The Morgan fingerprint density at radius 2 is 2.10 bits per heavy atom. The number of carbonyl (C=O) groups is 1. The molecule has 0 aliphatic carbocycles. The van der Waals surface area contributed by atoms with E-state index in [1.165, 1.54) is 6.33 Å². The maximum atomic E-state index is 11.5. The second-order valence-corrected chi connectivity index (χ2v) is 4.90. The lowest BCUT2D eigenvalue weighted by atomic mass is 10.1. The molecular formula is C15H15N5O. The average Bonchev–Trinajstić information content (AvgIpc) is 2.92. The number of Topliss-reactive ketones (excluding diaryl/α,β-unsaturated/α-hetero) is 1. The molecule has 3 aromatic rings. The monoisotopic (exact) mass is 281 g/mol. The van der Waals surface area contributed by atoms with Gasteiger partial charge >= 0.3 is 0 Å². The summed E-state index contributed by atoms with van der Waals surface area (Å²) in [5, 5.41) is 7.49. The fourth-order valence-corrected chi connectivity index (χ4v) is 2.13. The SMILES string of the molecule is CC(=O)c1cccc(Nc2c(C)c(C)nc3ncnn23)c1. The predicted molar refractivity (Wildman–Crippen MR) is 80.0 cm³/mol. The Labute approximate surface area is 121 Å². The van der Waals surface area contributed by atoms with Gasteiger partial charge in [-0.1, -0.05) is 12.1 Å². The largest absolute Gasteiger partial charge is 0.340 e.